The molecule has 3 aliphatic rings. The minimum absolute atomic E-state index is 0.123. The van der Waals surface area contributed by atoms with Crippen LogP contribution in [0.25, 0.3) is 0 Å². The second kappa shape index (κ2) is 13.7. The quantitative estimate of drug-likeness (QED) is 0.301. The summed E-state index contributed by atoms with van der Waals surface area (Å²) in [7, 11) is 0. The molecule has 5 rings (SSSR count). The summed E-state index contributed by atoms with van der Waals surface area (Å²) < 4.78 is 7.03. The van der Waals surface area contributed by atoms with Crippen LogP contribution < -0.4 is 0 Å². The van der Waals surface area contributed by atoms with Gasteiger partial charge in [-0.05, 0) is 43.2 Å². The van der Waals surface area contributed by atoms with E-state index in [0.717, 1.165) is 17.5 Å². The van der Waals surface area contributed by atoms with Crippen LogP contribution in [0.5, 0.6) is 0 Å². The van der Waals surface area contributed by atoms with Crippen molar-refractivity contribution in [3.8, 4) is 0 Å². The molecule has 6 atom stereocenters. The molecule has 1 N–H and O–H groups in total. The summed E-state index contributed by atoms with van der Waals surface area (Å²) in [5, 5.41) is 10.8. The molecule has 0 radical (unpaired) electrons. The molecule has 2 bridgehead atoms. The molecule has 240 valence electrons. The van der Waals surface area contributed by atoms with E-state index < -0.39 is 35.1 Å². The van der Waals surface area contributed by atoms with Gasteiger partial charge in [-0.15, -0.1) is 13.2 Å². The van der Waals surface area contributed by atoms with Crippen molar-refractivity contribution in [2.75, 3.05) is 26.2 Å². The molecule has 0 aliphatic carbocycles. The second-order valence-corrected chi connectivity index (χ2v) is 12.7. The predicted molar refractivity (Wildman–Crippen MR) is 174 cm³/mol. The zero-order valence-electron chi connectivity index (χ0n) is 26.6. The lowest BCUT2D eigenvalue weighted by atomic mass is 9.64. The Balaban J connectivity index is 1.62. The highest BCUT2D eigenvalue weighted by atomic mass is 16.5. The largest absolute Gasteiger partial charge is 0.394 e. The summed E-state index contributed by atoms with van der Waals surface area (Å²) in [4.78, 5) is 49.3. The average Bonchev–Trinajstić information content (AvgIpc) is 3.67. The number of benzene rings is 2. The zero-order valence-corrected chi connectivity index (χ0v) is 26.6. The van der Waals surface area contributed by atoms with E-state index in [2.05, 4.69) is 13.2 Å². The van der Waals surface area contributed by atoms with Crippen LogP contribution in [0.4, 0.5) is 0 Å². The number of likely N-dealkylation sites (tertiary alicyclic amines) is 1. The van der Waals surface area contributed by atoms with Gasteiger partial charge in [-0.2, -0.15) is 0 Å². The third-order valence-electron chi connectivity index (χ3n) is 10.1. The Morgan fingerprint density at radius 3 is 2.18 bits per heavy atom. The summed E-state index contributed by atoms with van der Waals surface area (Å²) >= 11 is 0. The van der Waals surface area contributed by atoms with Crippen LogP contribution in [0.1, 0.15) is 50.7 Å². The maximum Gasteiger partial charge on any atom is 0.249 e. The van der Waals surface area contributed by atoms with Gasteiger partial charge < -0.3 is 24.5 Å². The monoisotopic (exact) mass is 613 g/mol. The van der Waals surface area contributed by atoms with Crippen molar-refractivity contribution in [2.45, 2.75) is 75.8 Å². The molecule has 3 fully saturated rings. The van der Waals surface area contributed by atoms with Crippen LogP contribution in [-0.2, 0) is 32.1 Å². The summed E-state index contributed by atoms with van der Waals surface area (Å²) in [6.07, 6.45) is 6.16. The number of carbonyl (C=O) groups excluding carboxylic acids is 3. The number of amides is 3. The first kappa shape index (κ1) is 32.6. The molecule has 2 aromatic carbocycles. The second-order valence-electron chi connectivity index (χ2n) is 12.7. The van der Waals surface area contributed by atoms with E-state index in [1.807, 2.05) is 74.5 Å². The fraction of sp³-hybridized carbons (Fsp3) is 0.486. The molecular formula is C37H47N3O5. The summed E-state index contributed by atoms with van der Waals surface area (Å²) in [6.45, 7) is 13.0. The maximum atomic E-state index is 14.9. The topological polar surface area (TPSA) is 90.4 Å². The Labute approximate surface area is 267 Å². The van der Waals surface area contributed by atoms with Crippen molar-refractivity contribution in [1.82, 2.24) is 14.7 Å². The van der Waals surface area contributed by atoms with Gasteiger partial charge in [-0.3, -0.25) is 14.4 Å². The first-order valence-electron chi connectivity index (χ1n) is 16.3. The number of rotatable bonds is 15. The van der Waals surface area contributed by atoms with E-state index >= 15 is 0 Å². The van der Waals surface area contributed by atoms with Crippen LogP contribution >= 0.6 is 0 Å². The van der Waals surface area contributed by atoms with Gasteiger partial charge in [-0.25, -0.2) is 0 Å². The minimum atomic E-state index is -1.18. The van der Waals surface area contributed by atoms with Crippen molar-refractivity contribution < 1.29 is 24.2 Å². The van der Waals surface area contributed by atoms with E-state index in [-0.39, 0.29) is 30.9 Å². The summed E-state index contributed by atoms with van der Waals surface area (Å²) in [5.74, 6) is -2.22. The SMILES string of the molecule is C=CCN(Cc1ccccc1)C(=O)C1N([C@@H](CO)Cc2ccccc2)C(=O)[C@@H]2[C@H](C(=O)N(CC=C)CCC)[C@]3(CC)CCC12O3. The van der Waals surface area contributed by atoms with Gasteiger partial charge in [-0.1, -0.05) is 86.7 Å². The molecule has 3 aliphatic heterocycles. The van der Waals surface area contributed by atoms with Gasteiger partial charge in [0.1, 0.15) is 11.6 Å². The van der Waals surface area contributed by atoms with E-state index in [1.165, 1.54) is 0 Å². The molecule has 0 saturated carbocycles. The molecule has 45 heavy (non-hydrogen) atoms. The van der Waals surface area contributed by atoms with Gasteiger partial charge in [0.2, 0.25) is 17.7 Å². The number of carbonyl (C=O) groups is 3. The number of fused-ring (bicyclic) bond motifs is 1. The first-order valence-corrected chi connectivity index (χ1v) is 16.3. The lowest BCUT2D eigenvalue weighted by Crippen LogP contribution is -2.59. The Hall–Kier alpha value is -3.75. The Kier molecular flexibility index (Phi) is 9.94. The molecule has 3 heterocycles. The number of nitrogens with zero attached hydrogens (tertiary/aromatic N) is 3. The van der Waals surface area contributed by atoms with Crippen LogP contribution in [0.15, 0.2) is 86.0 Å². The molecule has 1 spiro atoms. The van der Waals surface area contributed by atoms with E-state index in [0.29, 0.717) is 45.3 Å². The molecular weight excluding hydrogens is 566 g/mol. The Bertz CT molecular complexity index is 1380. The van der Waals surface area contributed by atoms with Crippen molar-refractivity contribution in [2.24, 2.45) is 11.8 Å². The molecule has 2 unspecified atom stereocenters. The van der Waals surface area contributed by atoms with Crippen LogP contribution in [0.2, 0.25) is 0 Å². The van der Waals surface area contributed by atoms with E-state index in [1.54, 1.807) is 26.9 Å². The van der Waals surface area contributed by atoms with Gasteiger partial charge >= 0.3 is 0 Å². The lowest BCUT2D eigenvalue weighted by Gasteiger charge is -2.39. The third-order valence-corrected chi connectivity index (χ3v) is 10.1. The normalized spacial score (nSPS) is 27.2. The maximum absolute atomic E-state index is 14.9. The van der Waals surface area contributed by atoms with Crippen molar-refractivity contribution in [1.29, 1.82) is 0 Å². The zero-order chi connectivity index (χ0) is 32.2. The number of ether oxygens (including phenoxy) is 1. The van der Waals surface area contributed by atoms with E-state index in [9.17, 15) is 19.5 Å². The fourth-order valence-electron chi connectivity index (χ4n) is 8.12. The molecule has 0 aromatic heterocycles. The Morgan fingerprint density at radius 2 is 1.60 bits per heavy atom. The number of aliphatic hydroxyl groups excluding tert-OH is 1. The number of hydrogen-bond acceptors (Lipinski definition) is 5. The van der Waals surface area contributed by atoms with Crippen LogP contribution in [0.3, 0.4) is 0 Å². The highest BCUT2D eigenvalue weighted by Gasteiger charge is 2.79. The molecule has 8 heteroatoms. The van der Waals surface area contributed by atoms with Crippen LogP contribution in [0, 0.1) is 11.8 Å². The van der Waals surface area contributed by atoms with Crippen molar-refractivity contribution in [3.05, 3.63) is 97.1 Å². The summed E-state index contributed by atoms with van der Waals surface area (Å²) in [5.41, 5.74) is -0.127. The molecule has 2 aromatic rings. The fourth-order valence-corrected chi connectivity index (χ4v) is 8.12. The van der Waals surface area contributed by atoms with E-state index in [4.69, 9.17) is 4.74 Å². The molecule has 8 nitrogen and oxygen atoms in total. The first-order chi connectivity index (χ1) is 21.8. The van der Waals surface area contributed by atoms with Gasteiger partial charge in [0.15, 0.2) is 0 Å². The highest BCUT2D eigenvalue weighted by Crippen LogP contribution is 2.65. The molecule has 3 saturated heterocycles. The number of aliphatic hydroxyl groups is 1. The lowest BCUT2D eigenvalue weighted by molar-refractivity contribution is -0.158. The van der Waals surface area contributed by atoms with Crippen LogP contribution in [-0.4, -0.2) is 87.1 Å². The highest BCUT2D eigenvalue weighted by molar-refractivity contribution is 5.99. The number of hydrogen-bond donors (Lipinski definition) is 1. The van der Waals surface area contributed by atoms with Crippen molar-refractivity contribution >= 4 is 17.7 Å². The van der Waals surface area contributed by atoms with Gasteiger partial charge in [0.25, 0.3) is 0 Å². The minimum Gasteiger partial charge on any atom is -0.394 e. The standard InChI is InChI=1S/C37H47N3O5/c1-5-21-38(22-6-2)33(42)30-31-34(43)40(29(26-41)24-27-15-11-9-12-16-27)32(37(31)20-19-36(30,8-4)45-37)35(44)39(23-7-3)25-28-17-13-10-14-18-28/h5,7,9-18,29-32,41H,1,3,6,8,19-26H2,2,4H3/t29-,30-,31+,32?,36+,37?/m1/s1. The predicted octanol–water partition coefficient (Wildman–Crippen LogP) is 4.38. The Morgan fingerprint density at radius 1 is 0.978 bits per heavy atom. The van der Waals surface area contributed by atoms with Crippen molar-refractivity contribution in [3.63, 3.8) is 0 Å². The summed E-state index contributed by atoms with van der Waals surface area (Å²) in [6, 6.07) is 17.7. The third kappa shape index (κ3) is 5.74. The van der Waals surface area contributed by atoms with Gasteiger partial charge in [0.05, 0.1) is 30.1 Å². The average molecular weight is 614 g/mol. The smallest absolute Gasteiger partial charge is 0.249 e. The van der Waals surface area contributed by atoms with Gasteiger partial charge in [0, 0.05) is 26.2 Å². The molecule has 3 amide bonds.